The molecule has 1 aliphatic heterocycles. The van der Waals surface area contributed by atoms with Gasteiger partial charge in [0.25, 0.3) is 17.3 Å². The largest absolute Gasteiger partial charge is 0.336 e. The Morgan fingerprint density at radius 3 is 1.59 bits per heavy atom. The number of hydrogen-bond donors (Lipinski definition) is 0. The third-order valence-electron chi connectivity index (χ3n) is 4.31. The van der Waals surface area contributed by atoms with E-state index in [9.17, 15) is 29.8 Å². The Morgan fingerprint density at radius 2 is 1.19 bits per heavy atom. The van der Waals surface area contributed by atoms with Crippen LogP contribution in [0.4, 0.5) is 27.5 Å². The van der Waals surface area contributed by atoms with Crippen molar-refractivity contribution in [3.05, 3.63) is 68.8 Å². The lowest BCUT2D eigenvalue weighted by molar-refractivity contribution is -0.385. The molecule has 0 aliphatic carbocycles. The molecule has 0 aromatic heterocycles. The van der Waals surface area contributed by atoms with Gasteiger partial charge < -0.3 is 0 Å². The van der Waals surface area contributed by atoms with Crippen molar-refractivity contribution in [2.45, 2.75) is 19.4 Å². The molecule has 0 spiro atoms. The summed E-state index contributed by atoms with van der Waals surface area (Å²) in [6.07, 6.45) is 0. The Balaban J connectivity index is 2.00. The zero-order valence-corrected chi connectivity index (χ0v) is 14.4. The number of nitro groups is 2. The quantitative estimate of drug-likeness (QED) is 0.462. The highest BCUT2D eigenvalue weighted by Crippen LogP contribution is 2.36. The highest BCUT2D eigenvalue weighted by atomic mass is 16.6. The lowest BCUT2D eigenvalue weighted by Crippen LogP contribution is -2.44. The summed E-state index contributed by atoms with van der Waals surface area (Å²) in [5.41, 5.74) is -1.01. The van der Waals surface area contributed by atoms with Crippen LogP contribution in [0.2, 0.25) is 0 Å². The number of anilines is 2. The van der Waals surface area contributed by atoms with E-state index in [0.29, 0.717) is 5.69 Å². The summed E-state index contributed by atoms with van der Waals surface area (Å²) in [7, 11) is 0. The number of non-ortho nitro benzene ring substituents is 2. The summed E-state index contributed by atoms with van der Waals surface area (Å²) < 4.78 is 0. The molecule has 1 aliphatic rings. The number of amides is 3. The zero-order chi connectivity index (χ0) is 19.9. The molecular formula is C17H14N4O6. The normalized spacial score (nSPS) is 15.9. The first-order valence-corrected chi connectivity index (χ1v) is 7.82. The summed E-state index contributed by atoms with van der Waals surface area (Å²) in [5, 5.41) is 21.6. The predicted octanol–water partition coefficient (Wildman–Crippen LogP) is 3.25. The monoisotopic (exact) mass is 370 g/mol. The number of benzene rings is 2. The van der Waals surface area contributed by atoms with Crippen LogP contribution in [0.5, 0.6) is 0 Å². The fraction of sp³-hybridized carbons (Fsp3) is 0.176. The van der Waals surface area contributed by atoms with Crippen LogP contribution in [0.3, 0.4) is 0 Å². The number of carbonyl (C=O) groups excluding carboxylic acids is 2. The molecule has 10 nitrogen and oxygen atoms in total. The number of hydrogen-bond acceptors (Lipinski definition) is 6. The molecule has 2 aromatic rings. The molecule has 2 aromatic carbocycles. The molecule has 1 fully saturated rings. The van der Waals surface area contributed by atoms with Gasteiger partial charge in [-0.3, -0.25) is 29.9 Å². The van der Waals surface area contributed by atoms with Gasteiger partial charge in [0, 0.05) is 30.0 Å². The Hall–Kier alpha value is -3.82. The molecule has 0 N–H and O–H groups in total. The number of rotatable bonds is 4. The molecule has 1 saturated heterocycles. The van der Waals surface area contributed by atoms with Gasteiger partial charge in [-0.15, -0.1) is 0 Å². The van der Waals surface area contributed by atoms with Crippen molar-refractivity contribution in [3.8, 4) is 0 Å². The van der Waals surface area contributed by atoms with Crippen molar-refractivity contribution in [1.29, 1.82) is 0 Å². The molecule has 10 heteroatoms. The second-order valence-corrected chi connectivity index (χ2v) is 6.36. The fourth-order valence-electron chi connectivity index (χ4n) is 2.90. The Labute approximate surface area is 152 Å². The number of imide groups is 1. The van der Waals surface area contributed by atoms with Crippen LogP contribution in [0.1, 0.15) is 13.8 Å². The second kappa shape index (κ2) is 6.16. The highest BCUT2D eigenvalue weighted by molar-refractivity contribution is 6.30. The van der Waals surface area contributed by atoms with Gasteiger partial charge in [0.2, 0.25) is 0 Å². The van der Waals surface area contributed by atoms with Gasteiger partial charge in [-0.25, -0.2) is 9.69 Å². The number of carbonyl (C=O) groups is 2. The molecule has 138 valence electrons. The molecule has 0 unspecified atom stereocenters. The molecule has 1 heterocycles. The van der Waals surface area contributed by atoms with Crippen molar-refractivity contribution in [1.82, 2.24) is 0 Å². The maximum Gasteiger partial charge on any atom is 0.336 e. The first-order chi connectivity index (χ1) is 12.6. The topological polar surface area (TPSA) is 127 Å². The highest BCUT2D eigenvalue weighted by Gasteiger charge is 2.52. The minimum absolute atomic E-state index is 0.137. The van der Waals surface area contributed by atoms with Gasteiger partial charge in [-0.05, 0) is 38.1 Å². The summed E-state index contributed by atoms with van der Waals surface area (Å²) in [4.78, 5) is 48.4. The van der Waals surface area contributed by atoms with E-state index in [0.717, 1.165) is 4.90 Å². The summed E-state index contributed by atoms with van der Waals surface area (Å²) in [6.45, 7) is 3.11. The van der Waals surface area contributed by atoms with E-state index in [1.807, 2.05) is 0 Å². The fourth-order valence-corrected chi connectivity index (χ4v) is 2.90. The number of urea groups is 1. The summed E-state index contributed by atoms with van der Waals surface area (Å²) in [5.74, 6) is -0.514. The van der Waals surface area contributed by atoms with Gasteiger partial charge in [-0.2, -0.15) is 0 Å². The van der Waals surface area contributed by atoms with E-state index in [-0.39, 0.29) is 17.1 Å². The van der Waals surface area contributed by atoms with E-state index >= 15 is 0 Å². The van der Waals surface area contributed by atoms with E-state index in [1.54, 1.807) is 13.8 Å². The minimum atomic E-state index is -1.24. The van der Waals surface area contributed by atoms with Crippen molar-refractivity contribution in [2.75, 3.05) is 9.80 Å². The maximum atomic E-state index is 12.9. The zero-order valence-electron chi connectivity index (χ0n) is 14.4. The lowest BCUT2D eigenvalue weighted by Gasteiger charge is -2.27. The van der Waals surface area contributed by atoms with Crippen molar-refractivity contribution in [2.24, 2.45) is 0 Å². The predicted molar refractivity (Wildman–Crippen MR) is 95.6 cm³/mol. The molecule has 0 bridgehead atoms. The van der Waals surface area contributed by atoms with Crippen molar-refractivity contribution >= 4 is 34.7 Å². The average Bonchev–Trinajstić information content (AvgIpc) is 2.80. The van der Waals surface area contributed by atoms with E-state index in [1.165, 1.54) is 53.4 Å². The van der Waals surface area contributed by atoms with Gasteiger partial charge in [0.15, 0.2) is 0 Å². The standard InChI is InChI=1S/C17H14N4O6/c1-17(2)15(22)18(11-3-7-13(8-4-11)20(24)25)16(23)19(17)12-5-9-14(10-6-12)21(26)27/h3-10H,1-2H3. The first kappa shape index (κ1) is 18.0. The van der Waals surface area contributed by atoms with Crippen LogP contribution in [-0.2, 0) is 4.79 Å². The molecule has 0 atom stereocenters. The van der Waals surface area contributed by atoms with Crippen LogP contribution >= 0.6 is 0 Å². The SMILES string of the molecule is CC1(C)C(=O)N(c2ccc([N+](=O)[O-])cc2)C(=O)N1c1ccc([N+](=O)[O-])cc1. The number of nitro benzene ring substituents is 2. The van der Waals surface area contributed by atoms with Gasteiger partial charge in [-0.1, -0.05) is 0 Å². The molecule has 3 amide bonds. The van der Waals surface area contributed by atoms with Crippen LogP contribution < -0.4 is 9.80 Å². The summed E-state index contributed by atoms with van der Waals surface area (Å²) >= 11 is 0. The van der Waals surface area contributed by atoms with Gasteiger partial charge in [0.05, 0.1) is 15.5 Å². The second-order valence-electron chi connectivity index (χ2n) is 6.36. The molecule has 27 heavy (non-hydrogen) atoms. The van der Waals surface area contributed by atoms with Crippen LogP contribution in [0, 0.1) is 20.2 Å². The minimum Gasteiger partial charge on any atom is -0.279 e. The maximum absolute atomic E-state index is 12.9. The third-order valence-corrected chi connectivity index (χ3v) is 4.31. The smallest absolute Gasteiger partial charge is 0.279 e. The van der Waals surface area contributed by atoms with Crippen molar-refractivity contribution < 1.29 is 19.4 Å². The van der Waals surface area contributed by atoms with Gasteiger partial charge in [0.1, 0.15) is 5.54 Å². The molecule has 0 saturated carbocycles. The van der Waals surface area contributed by atoms with Crippen LogP contribution in [0.15, 0.2) is 48.5 Å². The van der Waals surface area contributed by atoms with E-state index < -0.39 is 27.3 Å². The average molecular weight is 370 g/mol. The molecular weight excluding hydrogens is 356 g/mol. The number of nitrogens with zero attached hydrogens (tertiary/aromatic N) is 4. The van der Waals surface area contributed by atoms with E-state index in [2.05, 4.69) is 0 Å². The van der Waals surface area contributed by atoms with E-state index in [4.69, 9.17) is 0 Å². The first-order valence-electron chi connectivity index (χ1n) is 7.82. The van der Waals surface area contributed by atoms with Gasteiger partial charge >= 0.3 is 6.03 Å². The third kappa shape index (κ3) is 2.86. The Kier molecular flexibility index (Phi) is 4.11. The van der Waals surface area contributed by atoms with Crippen LogP contribution in [-0.4, -0.2) is 27.3 Å². The molecule has 3 rings (SSSR count). The van der Waals surface area contributed by atoms with Crippen molar-refractivity contribution in [3.63, 3.8) is 0 Å². The Morgan fingerprint density at radius 1 is 0.778 bits per heavy atom. The summed E-state index contributed by atoms with van der Waals surface area (Å²) in [6, 6.07) is 9.69. The lowest BCUT2D eigenvalue weighted by atomic mass is 10.0. The Bertz CT molecular complexity index is 952. The molecule has 0 radical (unpaired) electrons. The van der Waals surface area contributed by atoms with Crippen LogP contribution in [0.25, 0.3) is 0 Å².